The Hall–Kier alpha value is -2.23. The second-order valence-electron chi connectivity index (χ2n) is 4.86. The van der Waals surface area contributed by atoms with Gasteiger partial charge >= 0.3 is 5.97 Å². The summed E-state index contributed by atoms with van der Waals surface area (Å²) in [4.78, 5) is 20.3. The number of aromatic nitrogens is 2. The van der Waals surface area contributed by atoms with E-state index in [0.29, 0.717) is 0 Å². The van der Waals surface area contributed by atoms with E-state index < -0.39 is 0 Å². The smallest absolute Gasteiger partial charge is 0.312 e. The van der Waals surface area contributed by atoms with Crippen LogP contribution in [0.4, 0.5) is 0 Å². The van der Waals surface area contributed by atoms with Crippen molar-refractivity contribution in [3.63, 3.8) is 0 Å². The van der Waals surface area contributed by atoms with Crippen LogP contribution < -0.4 is 0 Å². The lowest BCUT2D eigenvalue weighted by atomic mass is 10.2. The molecular formula is C17H20N2O2. The van der Waals surface area contributed by atoms with Gasteiger partial charge in [0.05, 0.1) is 17.8 Å². The van der Waals surface area contributed by atoms with Gasteiger partial charge in [0.2, 0.25) is 0 Å². The maximum Gasteiger partial charge on any atom is 0.312 e. The maximum absolute atomic E-state index is 11.8. The Morgan fingerprint density at radius 1 is 0.952 bits per heavy atom. The molecule has 0 unspecified atom stereocenters. The predicted octanol–water partition coefficient (Wildman–Crippen LogP) is 2.89. The predicted molar refractivity (Wildman–Crippen MR) is 80.7 cm³/mol. The monoisotopic (exact) mass is 284 g/mol. The van der Waals surface area contributed by atoms with Crippen molar-refractivity contribution < 1.29 is 9.53 Å². The fourth-order valence-corrected chi connectivity index (χ4v) is 1.87. The SMILES string of the molecule is CCc1ccc(COC(=O)Cc2ccc(CC)cn2)nc1. The summed E-state index contributed by atoms with van der Waals surface area (Å²) in [6.45, 7) is 4.35. The van der Waals surface area contributed by atoms with Crippen molar-refractivity contribution in [2.75, 3.05) is 0 Å². The Balaban J connectivity index is 1.83. The van der Waals surface area contributed by atoms with E-state index in [2.05, 4.69) is 23.8 Å². The molecule has 0 aromatic carbocycles. The number of rotatable bonds is 6. The molecule has 0 spiro atoms. The van der Waals surface area contributed by atoms with Crippen LogP contribution >= 0.6 is 0 Å². The van der Waals surface area contributed by atoms with Crippen molar-refractivity contribution in [3.8, 4) is 0 Å². The minimum atomic E-state index is -0.284. The molecule has 0 N–H and O–H groups in total. The Labute approximate surface area is 125 Å². The van der Waals surface area contributed by atoms with Crippen LogP contribution in [0.15, 0.2) is 36.7 Å². The molecule has 2 aromatic rings. The molecule has 0 fully saturated rings. The number of aryl methyl sites for hydroxylation is 2. The molecule has 4 nitrogen and oxygen atoms in total. The van der Waals surface area contributed by atoms with E-state index in [1.807, 2.05) is 30.5 Å². The van der Waals surface area contributed by atoms with Gasteiger partial charge in [0.1, 0.15) is 6.61 Å². The Morgan fingerprint density at radius 2 is 1.52 bits per heavy atom. The van der Waals surface area contributed by atoms with Crippen molar-refractivity contribution >= 4 is 5.97 Å². The summed E-state index contributed by atoms with van der Waals surface area (Å²) in [5, 5.41) is 0. The van der Waals surface area contributed by atoms with Crippen molar-refractivity contribution in [1.29, 1.82) is 0 Å². The van der Waals surface area contributed by atoms with Crippen LogP contribution in [-0.2, 0) is 35.4 Å². The highest BCUT2D eigenvalue weighted by Crippen LogP contribution is 2.05. The quantitative estimate of drug-likeness (QED) is 0.765. The highest BCUT2D eigenvalue weighted by atomic mass is 16.5. The first-order chi connectivity index (χ1) is 10.2. The summed E-state index contributed by atoms with van der Waals surface area (Å²) in [6, 6.07) is 7.75. The largest absolute Gasteiger partial charge is 0.459 e. The average molecular weight is 284 g/mol. The van der Waals surface area contributed by atoms with Crippen molar-refractivity contribution in [2.45, 2.75) is 39.7 Å². The van der Waals surface area contributed by atoms with Gasteiger partial charge in [-0.15, -0.1) is 0 Å². The highest BCUT2D eigenvalue weighted by Gasteiger charge is 2.07. The lowest BCUT2D eigenvalue weighted by molar-refractivity contribution is -0.144. The molecule has 0 aliphatic rings. The van der Waals surface area contributed by atoms with E-state index in [1.54, 1.807) is 6.20 Å². The van der Waals surface area contributed by atoms with Crippen LogP contribution in [0.3, 0.4) is 0 Å². The number of hydrogen-bond acceptors (Lipinski definition) is 4. The molecule has 0 aliphatic heterocycles. The first kappa shape index (κ1) is 15.2. The summed E-state index contributed by atoms with van der Waals surface area (Å²) < 4.78 is 5.22. The Bertz CT molecular complexity index is 577. The van der Waals surface area contributed by atoms with Crippen LogP contribution in [0.2, 0.25) is 0 Å². The average Bonchev–Trinajstić information content (AvgIpc) is 2.54. The molecule has 21 heavy (non-hydrogen) atoms. The molecule has 0 saturated heterocycles. The molecule has 0 amide bonds. The highest BCUT2D eigenvalue weighted by molar-refractivity contribution is 5.71. The van der Waals surface area contributed by atoms with Gasteiger partial charge in [-0.3, -0.25) is 14.8 Å². The number of pyridine rings is 2. The number of esters is 1. The minimum Gasteiger partial charge on any atom is -0.459 e. The molecule has 0 aliphatic carbocycles. The number of hydrogen-bond donors (Lipinski definition) is 0. The number of carbonyl (C=O) groups excluding carboxylic acids is 1. The number of ether oxygens (including phenoxy) is 1. The zero-order chi connectivity index (χ0) is 15.1. The zero-order valence-corrected chi connectivity index (χ0v) is 12.5. The minimum absolute atomic E-state index is 0.192. The van der Waals surface area contributed by atoms with E-state index in [0.717, 1.165) is 29.8 Å². The first-order valence-corrected chi connectivity index (χ1v) is 7.24. The van der Waals surface area contributed by atoms with Crippen LogP contribution in [0.25, 0.3) is 0 Å². The Morgan fingerprint density at radius 3 is 2.00 bits per heavy atom. The van der Waals surface area contributed by atoms with E-state index in [1.165, 1.54) is 5.56 Å². The third-order valence-electron chi connectivity index (χ3n) is 3.29. The standard InChI is InChI=1S/C17H20N2O2/c1-3-13-5-7-15(18-10-13)9-17(20)21-12-16-8-6-14(4-2)11-19-16/h5-8,10-11H,3-4,9,12H2,1-2H3. The molecule has 0 bridgehead atoms. The van der Waals surface area contributed by atoms with Gasteiger partial charge in [-0.2, -0.15) is 0 Å². The van der Waals surface area contributed by atoms with Gasteiger partial charge in [-0.25, -0.2) is 0 Å². The first-order valence-electron chi connectivity index (χ1n) is 7.24. The van der Waals surface area contributed by atoms with E-state index in [9.17, 15) is 4.79 Å². The van der Waals surface area contributed by atoms with E-state index >= 15 is 0 Å². The normalized spacial score (nSPS) is 10.4. The zero-order valence-electron chi connectivity index (χ0n) is 12.5. The molecule has 0 saturated carbocycles. The molecule has 4 heteroatoms. The second kappa shape index (κ2) is 7.53. The second-order valence-corrected chi connectivity index (χ2v) is 4.86. The number of nitrogens with zero attached hydrogens (tertiary/aromatic N) is 2. The molecule has 2 rings (SSSR count). The van der Waals surface area contributed by atoms with E-state index in [-0.39, 0.29) is 19.0 Å². The molecule has 2 heterocycles. The van der Waals surface area contributed by atoms with Crippen molar-refractivity contribution in [1.82, 2.24) is 9.97 Å². The summed E-state index contributed by atoms with van der Waals surface area (Å²) in [5.41, 5.74) is 3.82. The molecule has 0 radical (unpaired) electrons. The topological polar surface area (TPSA) is 52.1 Å². The van der Waals surface area contributed by atoms with Crippen LogP contribution in [0.1, 0.15) is 36.4 Å². The van der Waals surface area contributed by atoms with Gasteiger partial charge in [0, 0.05) is 12.4 Å². The summed E-state index contributed by atoms with van der Waals surface area (Å²) in [6.07, 6.45) is 5.70. The molecular weight excluding hydrogens is 264 g/mol. The van der Waals surface area contributed by atoms with Gasteiger partial charge < -0.3 is 4.74 Å². The molecule has 2 aromatic heterocycles. The maximum atomic E-state index is 11.8. The van der Waals surface area contributed by atoms with E-state index in [4.69, 9.17) is 4.74 Å². The van der Waals surface area contributed by atoms with Gasteiger partial charge in [-0.1, -0.05) is 26.0 Å². The van der Waals surface area contributed by atoms with Gasteiger partial charge in [-0.05, 0) is 36.1 Å². The van der Waals surface area contributed by atoms with Crippen molar-refractivity contribution in [2.24, 2.45) is 0 Å². The van der Waals surface area contributed by atoms with Crippen molar-refractivity contribution in [3.05, 3.63) is 59.2 Å². The van der Waals surface area contributed by atoms with Crippen LogP contribution in [0.5, 0.6) is 0 Å². The summed E-state index contributed by atoms with van der Waals surface area (Å²) in [5.74, 6) is -0.284. The number of carbonyl (C=O) groups is 1. The summed E-state index contributed by atoms with van der Waals surface area (Å²) >= 11 is 0. The fraction of sp³-hybridized carbons (Fsp3) is 0.353. The van der Waals surface area contributed by atoms with Gasteiger partial charge in [0.15, 0.2) is 0 Å². The lowest BCUT2D eigenvalue weighted by Crippen LogP contribution is -2.09. The van der Waals surface area contributed by atoms with Crippen LogP contribution in [0, 0.1) is 0 Å². The Kier molecular flexibility index (Phi) is 5.43. The molecule has 0 atom stereocenters. The fourth-order valence-electron chi connectivity index (χ4n) is 1.87. The molecule has 110 valence electrons. The summed E-state index contributed by atoms with van der Waals surface area (Å²) in [7, 11) is 0. The third kappa shape index (κ3) is 4.67. The van der Waals surface area contributed by atoms with Crippen LogP contribution in [-0.4, -0.2) is 15.9 Å². The third-order valence-corrected chi connectivity index (χ3v) is 3.29. The lowest BCUT2D eigenvalue weighted by Gasteiger charge is -2.05. The van der Waals surface area contributed by atoms with Gasteiger partial charge in [0.25, 0.3) is 0 Å².